The van der Waals surface area contributed by atoms with Gasteiger partial charge in [0.15, 0.2) is 0 Å². The van der Waals surface area contributed by atoms with Crippen molar-refractivity contribution in [2.75, 3.05) is 0 Å². The standard InChI is InChI=1S/C17H16N2S/c18-10-15-16(12-6-7-12)19-17(20-15)14-8-5-11-3-1-2-4-13(11)9-14/h1-5,8-9,12H,6-7,10,18H2. The van der Waals surface area contributed by atoms with Gasteiger partial charge < -0.3 is 5.73 Å². The van der Waals surface area contributed by atoms with Crippen molar-refractivity contribution < 1.29 is 0 Å². The topological polar surface area (TPSA) is 38.9 Å². The van der Waals surface area contributed by atoms with Crippen LogP contribution < -0.4 is 5.73 Å². The second-order valence-electron chi connectivity index (χ2n) is 5.37. The second-order valence-corrected chi connectivity index (χ2v) is 6.45. The number of nitrogens with two attached hydrogens (primary N) is 1. The Morgan fingerprint density at radius 1 is 1.10 bits per heavy atom. The van der Waals surface area contributed by atoms with Crippen molar-refractivity contribution in [2.24, 2.45) is 5.73 Å². The molecular weight excluding hydrogens is 264 g/mol. The lowest BCUT2D eigenvalue weighted by atomic mass is 10.1. The molecule has 1 fully saturated rings. The summed E-state index contributed by atoms with van der Waals surface area (Å²) in [6.45, 7) is 0.608. The highest BCUT2D eigenvalue weighted by Crippen LogP contribution is 2.44. The average Bonchev–Trinajstić information content (AvgIpc) is 3.26. The molecule has 1 saturated carbocycles. The first-order valence-electron chi connectivity index (χ1n) is 7.04. The Hall–Kier alpha value is -1.71. The summed E-state index contributed by atoms with van der Waals surface area (Å²) >= 11 is 1.75. The lowest BCUT2D eigenvalue weighted by molar-refractivity contribution is 0.980. The summed E-state index contributed by atoms with van der Waals surface area (Å²) in [5.41, 5.74) is 8.32. The third kappa shape index (κ3) is 2.03. The van der Waals surface area contributed by atoms with Crippen LogP contribution in [0.3, 0.4) is 0 Å². The monoisotopic (exact) mass is 280 g/mol. The van der Waals surface area contributed by atoms with Crippen LogP contribution in [0.5, 0.6) is 0 Å². The van der Waals surface area contributed by atoms with E-state index in [0.717, 1.165) is 5.01 Å². The van der Waals surface area contributed by atoms with Crippen molar-refractivity contribution in [1.82, 2.24) is 4.98 Å². The molecule has 0 unspecified atom stereocenters. The molecule has 1 aliphatic rings. The Kier molecular flexibility index (Phi) is 2.83. The Bertz CT molecular complexity index is 772. The Morgan fingerprint density at radius 3 is 2.65 bits per heavy atom. The van der Waals surface area contributed by atoms with Crippen LogP contribution in [0.15, 0.2) is 42.5 Å². The molecule has 3 heteroatoms. The highest BCUT2D eigenvalue weighted by Gasteiger charge is 2.29. The van der Waals surface area contributed by atoms with Crippen LogP contribution in [0.1, 0.15) is 29.3 Å². The second kappa shape index (κ2) is 4.69. The van der Waals surface area contributed by atoms with Crippen LogP contribution in [0.2, 0.25) is 0 Å². The van der Waals surface area contributed by atoms with Crippen LogP contribution in [0.4, 0.5) is 0 Å². The van der Waals surface area contributed by atoms with Crippen LogP contribution in [-0.2, 0) is 6.54 Å². The van der Waals surface area contributed by atoms with Gasteiger partial charge in [-0.1, -0.05) is 36.4 Å². The van der Waals surface area contributed by atoms with E-state index >= 15 is 0 Å². The molecule has 4 rings (SSSR count). The highest BCUT2D eigenvalue weighted by atomic mass is 32.1. The summed E-state index contributed by atoms with van der Waals surface area (Å²) in [5, 5.41) is 3.65. The number of thiazole rings is 1. The van der Waals surface area contributed by atoms with E-state index < -0.39 is 0 Å². The van der Waals surface area contributed by atoms with Gasteiger partial charge in [0.1, 0.15) is 5.01 Å². The zero-order chi connectivity index (χ0) is 13.5. The number of aromatic nitrogens is 1. The molecular formula is C17H16N2S. The van der Waals surface area contributed by atoms with Crippen LogP contribution in [0.25, 0.3) is 21.3 Å². The predicted molar refractivity (Wildman–Crippen MR) is 84.9 cm³/mol. The predicted octanol–water partition coefficient (Wildman–Crippen LogP) is 4.30. The number of rotatable bonds is 3. The van der Waals surface area contributed by atoms with Gasteiger partial charge >= 0.3 is 0 Å². The minimum absolute atomic E-state index is 0.608. The zero-order valence-corrected chi connectivity index (χ0v) is 12.0. The van der Waals surface area contributed by atoms with Gasteiger partial charge in [-0.05, 0) is 29.7 Å². The lowest BCUT2D eigenvalue weighted by Gasteiger charge is -2.00. The fourth-order valence-corrected chi connectivity index (χ4v) is 3.65. The smallest absolute Gasteiger partial charge is 0.123 e. The van der Waals surface area contributed by atoms with Gasteiger partial charge in [-0.25, -0.2) is 4.98 Å². The first-order chi connectivity index (χ1) is 9.85. The number of nitrogens with zero attached hydrogens (tertiary/aromatic N) is 1. The maximum absolute atomic E-state index is 5.87. The summed E-state index contributed by atoms with van der Waals surface area (Å²) in [4.78, 5) is 6.12. The molecule has 0 spiro atoms. The largest absolute Gasteiger partial charge is 0.326 e. The lowest BCUT2D eigenvalue weighted by Crippen LogP contribution is -1.96. The van der Waals surface area contributed by atoms with Crippen molar-refractivity contribution >= 4 is 22.1 Å². The summed E-state index contributed by atoms with van der Waals surface area (Å²) in [6.07, 6.45) is 2.54. The Balaban J connectivity index is 1.81. The summed E-state index contributed by atoms with van der Waals surface area (Å²) in [7, 11) is 0. The van der Waals surface area contributed by atoms with Gasteiger partial charge in [-0.3, -0.25) is 0 Å². The first-order valence-corrected chi connectivity index (χ1v) is 7.85. The van der Waals surface area contributed by atoms with E-state index in [0.29, 0.717) is 12.5 Å². The van der Waals surface area contributed by atoms with E-state index in [1.54, 1.807) is 11.3 Å². The van der Waals surface area contributed by atoms with Crippen LogP contribution >= 0.6 is 11.3 Å². The molecule has 1 aromatic heterocycles. The normalized spacial score (nSPS) is 14.8. The Morgan fingerprint density at radius 2 is 1.90 bits per heavy atom. The van der Waals surface area contributed by atoms with Crippen molar-refractivity contribution in [2.45, 2.75) is 25.3 Å². The molecule has 0 bridgehead atoms. The Labute approximate surface area is 122 Å². The van der Waals surface area contributed by atoms with E-state index in [1.165, 1.54) is 39.7 Å². The molecule has 1 heterocycles. The molecule has 2 nitrogen and oxygen atoms in total. The summed E-state index contributed by atoms with van der Waals surface area (Å²) < 4.78 is 0. The number of hydrogen-bond donors (Lipinski definition) is 1. The van der Waals surface area contributed by atoms with E-state index in [9.17, 15) is 0 Å². The molecule has 0 amide bonds. The van der Waals surface area contributed by atoms with Gasteiger partial charge in [0.05, 0.1) is 5.69 Å². The van der Waals surface area contributed by atoms with Gasteiger partial charge in [-0.15, -0.1) is 11.3 Å². The van der Waals surface area contributed by atoms with Gasteiger partial charge in [0, 0.05) is 22.9 Å². The van der Waals surface area contributed by atoms with E-state index in [2.05, 4.69) is 42.5 Å². The quantitative estimate of drug-likeness (QED) is 0.777. The number of fused-ring (bicyclic) bond motifs is 1. The van der Waals surface area contributed by atoms with Crippen molar-refractivity contribution in [3.63, 3.8) is 0 Å². The minimum atomic E-state index is 0.608. The molecule has 2 N–H and O–H groups in total. The highest BCUT2D eigenvalue weighted by molar-refractivity contribution is 7.15. The van der Waals surface area contributed by atoms with Crippen molar-refractivity contribution in [3.05, 3.63) is 53.0 Å². The molecule has 1 aliphatic carbocycles. The molecule has 0 atom stereocenters. The number of benzene rings is 2. The van der Waals surface area contributed by atoms with Crippen molar-refractivity contribution in [3.8, 4) is 10.6 Å². The summed E-state index contributed by atoms with van der Waals surface area (Å²) in [6, 6.07) is 15.0. The molecule has 0 saturated heterocycles. The van der Waals surface area contributed by atoms with Gasteiger partial charge in [0.2, 0.25) is 0 Å². The molecule has 20 heavy (non-hydrogen) atoms. The van der Waals surface area contributed by atoms with Gasteiger partial charge in [0.25, 0.3) is 0 Å². The van der Waals surface area contributed by atoms with Crippen LogP contribution in [-0.4, -0.2) is 4.98 Å². The van der Waals surface area contributed by atoms with E-state index in [4.69, 9.17) is 10.7 Å². The number of hydrogen-bond acceptors (Lipinski definition) is 3. The fraction of sp³-hybridized carbons (Fsp3) is 0.235. The third-order valence-electron chi connectivity index (χ3n) is 3.87. The zero-order valence-electron chi connectivity index (χ0n) is 11.2. The average molecular weight is 280 g/mol. The van der Waals surface area contributed by atoms with E-state index in [-0.39, 0.29) is 0 Å². The van der Waals surface area contributed by atoms with Crippen molar-refractivity contribution in [1.29, 1.82) is 0 Å². The molecule has 3 aromatic rings. The first kappa shape index (κ1) is 12.1. The SMILES string of the molecule is NCc1sc(-c2ccc3ccccc3c2)nc1C1CC1. The molecule has 2 aromatic carbocycles. The molecule has 0 aliphatic heterocycles. The van der Waals surface area contributed by atoms with Gasteiger partial charge in [-0.2, -0.15) is 0 Å². The third-order valence-corrected chi connectivity index (χ3v) is 5.02. The minimum Gasteiger partial charge on any atom is -0.326 e. The maximum atomic E-state index is 5.87. The summed E-state index contributed by atoms with van der Waals surface area (Å²) in [5.74, 6) is 0.666. The fourth-order valence-electron chi connectivity index (χ4n) is 2.63. The molecule has 0 radical (unpaired) electrons. The van der Waals surface area contributed by atoms with Crippen LogP contribution in [0, 0.1) is 0 Å². The van der Waals surface area contributed by atoms with E-state index in [1.807, 2.05) is 0 Å². The molecule has 100 valence electrons. The maximum Gasteiger partial charge on any atom is 0.123 e.